The lowest BCUT2D eigenvalue weighted by Gasteiger charge is -2.37. The third-order valence-corrected chi connectivity index (χ3v) is 6.67. The molecular weight excluding hydrogens is 494 g/mol. The molecule has 0 radical (unpaired) electrons. The molecule has 0 amide bonds. The molecule has 2 heterocycles. The molecule has 0 aliphatic carbocycles. The fraction of sp³-hybridized carbons (Fsp3) is 0.387. The molecule has 8 nitrogen and oxygen atoms in total. The first kappa shape index (κ1) is 27.9. The predicted octanol–water partition coefficient (Wildman–Crippen LogP) is 5.37. The van der Waals surface area contributed by atoms with E-state index in [0.717, 1.165) is 35.1 Å². The molecule has 2 aromatic rings. The van der Waals surface area contributed by atoms with Crippen molar-refractivity contribution < 1.29 is 23.7 Å². The Morgan fingerprint density at radius 3 is 2.23 bits per heavy atom. The van der Waals surface area contributed by atoms with Crippen LogP contribution in [0.3, 0.4) is 0 Å². The zero-order chi connectivity index (χ0) is 27.9. The van der Waals surface area contributed by atoms with Crippen LogP contribution in [0, 0.1) is 11.3 Å². The zero-order valence-electron chi connectivity index (χ0n) is 23.4. The molecule has 39 heavy (non-hydrogen) atoms. The fourth-order valence-corrected chi connectivity index (χ4v) is 4.92. The highest BCUT2D eigenvalue weighted by molar-refractivity contribution is 5.65. The van der Waals surface area contributed by atoms with Crippen LogP contribution in [-0.4, -0.2) is 52.5 Å². The van der Waals surface area contributed by atoms with Crippen molar-refractivity contribution >= 4 is 6.08 Å². The van der Waals surface area contributed by atoms with Crippen LogP contribution in [0.25, 0.3) is 6.08 Å². The molecule has 0 saturated heterocycles. The molecule has 8 heteroatoms. The van der Waals surface area contributed by atoms with Crippen molar-refractivity contribution in [2.75, 3.05) is 47.6 Å². The maximum absolute atomic E-state index is 10.1. The van der Waals surface area contributed by atoms with Crippen molar-refractivity contribution in [3.05, 3.63) is 75.9 Å². The molecule has 2 aromatic carbocycles. The van der Waals surface area contributed by atoms with Crippen molar-refractivity contribution in [3.8, 4) is 29.1 Å². The number of hydrogen-bond acceptors (Lipinski definition) is 8. The largest absolute Gasteiger partial charge is 0.493 e. The Bertz CT molecular complexity index is 1340. The summed E-state index contributed by atoms with van der Waals surface area (Å²) < 4.78 is 29.0. The van der Waals surface area contributed by atoms with Crippen LogP contribution in [0.15, 0.2) is 64.8 Å². The molecule has 0 saturated carbocycles. The van der Waals surface area contributed by atoms with E-state index in [4.69, 9.17) is 29.4 Å². The number of nitrogens with two attached hydrogens (primary N) is 1. The number of benzene rings is 2. The SMILES string of the molecule is CCCOc1ccc(/C=C2\CN(C)CC3=C2OC(N)=C(C#N)C3c2ccc(OCCC)c(OC)c2)cc1OC. The van der Waals surface area contributed by atoms with Gasteiger partial charge >= 0.3 is 0 Å². The third kappa shape index (κ3) is 5.99. The van der Waals surface area contributed by atoms with E-state index in [9.17, 15) is 5.26 Å². The van der Waals surface area contributed by atoms with E-state index in [1.807, 2.05) is 43.4 Å². The molecule has 0 bridgehead atoms. The van der Waals surface area contributed by atoms with Gasteiger partial charge in [-0.1, -0.05) is 26.0 Å². The quantitative estimate of drug-likeness (QED) is 0.437. The van der Waals surface area contributed by atoms with Crippen molar-refractivity contribution in [2.24, 2.45) is 5.73 Å². The van der Waals surface area contributed by atoms with E-state index in [1.54, 1.807) is 14.2 Å². The smallest absolute Gasteiger partial charge is 0.205 e. The minimum atomic E-state index is -0.376. The summed E-state index contributed by atoms with van der Waals surface area (Å²) in [6, 6.07) is 13.9. The maximum Gasteiger partial charge on any atom is 0.205 e. The monoisotopic (exact) mass is 531 g/mol. The molecule has 2 aliphatic rings. The van der Waals surface area contributed by atoms with Gasteiger partial charge in [-0.15, -0.1) is 0 Å². The number of likely N-dealkylation sites (N-methyl/N-ethyl adjacent to an activating group) is 1. The summed E-state index contributed by atoms with van der Waals surface area (Å²) in [5, 5.41) is 10.1. The van der Waals surface area contributed by atoms with Gasteiger partial charge < -0.3 is 29.4 Å². The van der Waals surface area contributed by atoms with Crippen molar-refractivity contribution in [1.82, 2.24) is 4.90 Å². The van der Waals surface area contributed by atoms with Gasteiger partial charge in [0.1, 0.15) is 17.4 Å². The highest BCUT2D eigenvalue weighted by Gasteiger charge is 2.37. The molecule has 1 atom stereocenters. The first-order chi connectivity index (χ1) is 18.9. The minimum Gasteiger partial charge on any atom is -0.493 e. The van der Waals surface area contributed by atoms with E-state index in [1.165, 1.54) is 0 Å². The lowest BCUT2D eigenvalue weighted by Crippen LogP contribution is -2.36. The van der Waals surface area contributed by atoms with Crippen LogP contribution in [0.2, 0.25) is 0 Å². The maximum atomic E-state index is 10.1. The molecule has 1 unspecified atom stereocenters. The Hall–Kier alpha value is -4.09. The number of ether oxygens (including phenoxy) is 5. The van der Waals surface area contributed by atoms with E-state index in [-0.39, 0.29) is 11.8 Å². The van der Waals surface area contributed by atoms with Gasteiger partial charge in [-0.05, 0) is 66.9 Å². The highest BCUT2D eigenvalue weighted by Crippen LogP contribution is 2.45. The van der Waals surface area contributed by atoms with Gasteiger partial charge in [0.25, 0.3) is 0 Å². The van der Waals surface area contributed by atoms with Gasteiger partial charge in [-0.2, -0.15) is 5.26 Å². The van der Waals surface area contributed by atoms with Crippen LogP contribution in [0.4, 0.5) is 0 Å². The van der Waals surface area contributed by atoms with Gasteiger partial charge in [0.05, 0.1) is 33.4 Å². The normalized spacial score (nSPS) is 18.4. The summed E-state index contributed by atoms with van der Waals surface area (Å²) in [6.45, 7) is 6.61. The standard InChI is InChI=1S/C31H37N3O5/c1-6-12-37-25-10-8-20(15-27(25)35-4)14-22-18-34(3)19-24-29(23(17-32)31(33)39-30(22)24)21-9-11-26(38-13-7-2)28(16-21)36-5/h8-11,14-16,29H,6-7,12-13,18-19,33H2,1-5H3/b22-14+. The summed E-state index contributed by atoms with van der Waals surface area (Å²) >= 11 is 0. The van der Waals surface area contributed by atoms with E-state index >= 15 is 0 Å². The number of rotatable bonds is 10. The lowest BCUT2D eigenvalue weighted by molar-refractivity contribution is 0.251. The van der Waals surface area contributed by atoms with Crippen LogP contribution in [0.1, 0.15) is 43.7 Å². The Labute approximate surface area is 230 Å². The Morgan fingerprint density at radius 2 is 1.62 bits per heavy atom. The average molecular weight is 532 g/mol. The summed E-state index contributed by atoms with van der Waals surface area (Å²) in [4.78, 5) is 2.20. The van der Waals surface area contributed by atoms with Gasteiger partial charge in [0.15, 0.2) is 23.0 Å². The zero-order valence-corrected chi connectivity index (χ0v) is 23.4. The second-order valence-electron chi connectivity index (χ2n) is 9.64. The lowest BCUT2D eigenvalue weighted by atomic mass is 9.80. The Morgan fingerprint density at radius 1 is 0.974 bits per heavy atom. The molecule has 0 aromatic heterocycles. The first-order valence-electron chi connectivity index (χ1n) is 13.3. The van der Waals surface area contributed by atoms with Crippen LogP contribution in [0.5, 0.6) is 23.0 Å². The number of hydrogen-bond donors (Lipinski definition) is 1. The van der Waals surface area contributed by atoms with Crippen LogP contribution < -0.4 is 24.7 Å². The number of methoxy groups -OCH3 is 2. The van der Waals surface area contributed by atoms with Crippen molar-refractivity contribution in [3.63, 3.8) is 0 Å². The fourth-order valence-electron chi connectivity index (χ4n) is 4.92. The Balaban J connectivity index is 1.78. The molecule has 206 valence electrons. The molecule has 2 N–H and O–H groups in total. The highest BCUT2D eigenvalue weighted by atomic mass is 16.5. The summed E-state index contributed by atoms with van der Waals surface area (Å²) in [5.74, 6) is 3.10. The van der Waals surface area contributed by atoms with Crippen molar-refractivity contribution in [2.45, 2.75) is 32.6 Å². The Kier molecular flexibility index (Phi) is 9.05. The summed E-state index contributed by atoms with van der Waals surface area (Å²) in [7, 11) is 5.30. The molecule has 2 aliphatic heterocycles. The average Bonchev–Trinajstić information content (AvgIpc) is 2.94. The van der Waals surface area contributed by atoms with Gasteiger partial charge in [-0.25, -0.2) is 0 Å². The minimum absolute atomic E-state index is 0.114. The molecule has 0 spiro atoms. The van der Waals surface area contributed by atoms with E-state index in [0.29, 0.717) is 60.6 Å². The number of nitrogens with zero attached hydrogens (tertiary/aromatic N) is 2. The molecular formula is C31H37N3O5. The summed E-state index contributed by atoms with van der Waals surface area (Å²) in [5.41, 5.74) is 10.5. The second-order valence-corrected chi connectivity index (χ2v) is 9.64. The summed E-state index contributed by atoms with van der Waals surface area (Å²) in [6.07, 6.45) is 3.87. The topological polar surface area (TPSA) is 99.2 Å². The van der Waals surface area contributed by atoms with Crippen molar-refractivity contribution in [1.29, 1.82) is 5.26 Å². The van der Waals surface area contributed by atoms with Crippen LogP contribution >= 0.6 is 0 Å². The van der Waals surface area contributed by atoms with Gasteiger partial charge in [0, 0.05) is 18.7 Å². The predicted molar refractivity (Wildman–Crippen MR) is 151 cm³/mol. The number of nitriles is 1. The molecule has 0 fully saturated rings. The van der Waals surface area contributed by atoms with E-state index in [2.05, 4.69) is 30.9 Å². The van der Waals surface area contributed by atoms with E-state index < -0.39 is 0 Å². The second kappa shape index (κ2) is 12.6. The van der Waals surface area contributed by atoms with Crippen LogP contribution in [-0.2, 0) is 4.74 Å². The molecule has 4 rings (SSSR count). The number of allylic oxidation sites excluding steroid dienone is 1. The van der Waals surface area contributed by atoms with Gasteiger partial charge in [0.2, 0.25) is 5.88 Å². The first-order valence-corrected chi connectivity index (χ1v) is 13.3. The third-order valence-electron chi connectivity index (χ3n) is 6.67. The van der Waals surface area contributed by atoms with Gasteiger partial charge in [-0.3, -0.25) is 4.90 Å².